The van der Waals surface area contributed by atoms with Crippen LogP contribution in [0.4, 0.5) is 0 Å². The number of H-pyrrole nitrogens is 1. The minimum atomic E-state index is -1.09. The van der Waals surface area contributed by atoms with Crippen LogP contribution in [0.3, 0.4) is 0 Å². The molecule has 0 amide bonds. The zero-order valence-corrected chi connectivity index (χ0v) is 11.9. The summed E-state index contributed by atoms with van der Waals surface area (Å²) < 4.78 is 1.65. The van der Waals surface area contributed by atoms with E-state index in [1.54, 1.807) is 4.52 Å². The third kappa shape index (κ3) is 1.86. The van der Waals surface area contributed by atoms with Gasteiger partial charge in [0.05, 0.1) is 6.33 Å². The monoisotopic (exact) mass is 292 g/mol. The van der Waals surface area contributed by atoms with Crippen molar-refractivity contribution in [1.29, 1.82) is 0 Å². The van der Waals surface area contributed by atoms with Crippen LogP contribution in [0, 0.1) is 0 Å². The minimum Gasteiger partial charge on any atom is -0.476 e. The highest BCUT2D eigenvalue weighted by Crippen LogP contribution is 2.28. The number of aromatic nitrogens is 6. The number of carbonyl (C=O) groups is 1. The molecule has 3 aromatic heterocycles. The molecule has 0 bridgehead atoms. The van der Waals surface area contributed by atoms with Crippen molar-refractivity contribution in [1.82, 2.24) is 29.8 Å². The molecule has 0 aliphatic heterocycles. The Morgan fingerprint density at radius 2 is 2.15 bits per heavy atom. The van der Waals surface area contributed by atoms with Gasteiger partial charge in [0.2, 0.25) is 4.96 Å². The average Bonchev–Trinajstić information content (AvgIpc) is 3.00. The molecule has 0 aliphatic carbocycles. The lowest BCUT2D eigenvalue weighted by Gasteiger charge is -2.13. The van der Waals surface area contributed by atoms with Gasteiger partial charge in [-0.1, -0.05) is 32.1 Å². The maximum Gasteiger partial charge on any atom is 0.356 e. The summed E-state index contributed by atoms with van der Waals surface area (Å²) in [5, 5.41) is 22.2. The Kier molecular flexibility index (Phi) is 2.61. The van der Waals surface area contributed by atoms with E-state index >= 15 is 0 Å². The van der Waals surface area contributed by atoms with Gasteiger partial charge in [-0.25, -0.2) is 9.78 Å². The summed E-state index contributed by atoms with van der Waals surface area (Å²) in [7, 11) is 0. The van der Waals surface area contributed by atoms with Gasteiger partial charge in [-0.15, -0.1) is 10.2 Å². The molecule has 0 saturated carbocycles. The minimum absolute atomic E-state index is 0.0488. The highest BCUT2D eigenvalue weighted by Gasteiger charge is 2.25. The van der Waals surface area contributed by atoms with E-state index < -0.39 is 5.97 Å². The van der Waals surface area contributed by atoms with Crippen LogP contribution in [0.2, 0.25) is 0 Å². The summed E-state index contributed by atoms with van der Waals surface area (Å²) in [6.07, 6.45) is 1.34. The number of aromatic amines is 1. The lowest BCUT2D eigenvalue weighted by Crippen LogP contribution is -2.16. The maximum absolute atomic E-state index is 11.1. The first-order chi connectivity index (χ1) is 9.38. The molecule has 0 radical (unpaired) electrons. The molecule has 0 aromatic carbocycles. The van der Waals surface area contributed by atoms with Crippen LogP contribution in [0.1, 0.15) is 37.1 Å². The van der Waals surface area contributed by atoms with Crippen molar-refractivity contribution in [2.75, 3.05) is 0 Å². The number of aromatic carboxylic acids is 1. The van der Waals surface area contributed by atoms with Crippen molar-refractivity contribution in [3.05, 3.63) is 17.8 Å². The number of nitrogens with zero attached hydrogens (tertiary/aromatic N) is 5. The third-order valence-corrected chi connectivity index (χ3v) is 3.63. The predicted molar refractivity (Wildman–Crippen MR) is 71.9 cm³/mol. The van der Waals surface area contributed by atoms with Crippen molar-refractivity contribution < 1.29 is 9.90 Å². The van der Waals surface area contributed by atoms with Gasteiger partial charge in [0.25, 0.3) is 0 Å². The molecule has 9 heteroatoms. The van der Waals surface area contributed by atoms with E-state index in [9.17, 15) is 4.79 Å². The lowest BCUT2D eigenvalue weighted by atomic mass is 9.96. The molecule has 8 nitrogen and oxygen atoms in total. The van der Waals surface area contributed by atoms with Crippen molar-refractivity contribution in [2.45, 2.75) is 26.2 Å². The summed E-state index contributed by atoms with van der Waals surface area (Å²) in [4.78, 5) is 18.3. The topological polar surface area (TPSA) is 109 Å². The molecule has 0 unspecified atom stereocenters. The number of hydrogen-bond donors (Lipinski definition) is 2. The average molecular weight is 292 g/mol. The first kappa shape index (κ1) is 12.7. The van der Waals surface area contributed by atoms with E-state index in [0.717, 1.165) is 5.82 Å². The fourth-order valence-electron chi connectivity index (χ4n) is 1.81. The van der Waals surface area contributed by atoms with Crippen molar-refractivity contribution in [3.8, 4) is 10.7 Å². The van der Waals surface area contributed by atoms with Crippen LogP contribution in [-0.4, -0.2) is 40.9 Å². The number of imidazole rings is 1. The van der Waals surface area contributed by atoms with Gasteiger partial charge >= 0.3 is 5.97 Å². The molecular formula is C11H12N6O2S. The Hall–Kier alpha value is -2.29. The smallest absolute Gasteiger partial charge is 0.356 e. The van der Waals surface area contributed by atoms with Crippen LogP contribution in [0.5, 0.6) is 0 Å². The van der Waals surface area contributed by atoms with Crippen molar-refractivity contribution in [3.63, 3.8) is 0 Å². The molecule has 0 atom stereocenters. The van der Waals surface area contributed by atoms with E-state index in [0.29, 0.717) is 15.7 Å². The highest BCUT2D eigenvalue weighted by atomic mass is 32.1. The zero-order chi connectivity index (χ0) is 14.5. The molecule has 0 fully saturated rings. The number of nitrogens with one attached hydrogen (secondary N) is 1. The Balaban J connectivity index is 2.17. The van der Waals surface area contributed by atoms with Crippen LogP contribution >= 0.6 is 11.3 Å². The molecular weight excluding hydrogens is 280 g/mol. The third-order valence-electron chi connectivity index (χ3n) is 2.72. The molecule has 20 heavy (non-hydrogen) atoms. The van der Waals surface area contributed by atoms with Crippen LogP contribution in [0.15, 0.2) is 6.33 Å². The Morgan fingerprint density at radius 3 is 2.80 bits per heavy atom. The van der Waals surface area contributed by atoms with E-state index in [1.165, 1.54) is 17.7 Å². The summed E-state index contributed by atoms with van der Waals surface area (Å²) >= 11 is 1.27. The molecule has 0 saturated heterocycles. The fraction of sp³-hybridized carbons (Fsp3) is 0.364. The second kappa shape index (κ2) is 4.10. The summed E-state index contributed by atoms with van der Waals surface area (Å²) in [5.41, 5.74) is 0.133. The molecule has 0 spiro atoms. The van der Waals surface area contributed by atoms with Gasteiger partial charge in [-0.3, -0.25) is 0 Å². The summed E-state index contributed by atoms with van der Waals surface area (Å²) in [6, 6.07) is 0. The number of carboxylic acid groups (broad SMARTS) is 1. The number of carboxylic acids is 1. The summed E-state index contributed by atoms with van der Waals surface area (Å²) in [6.45, 7) is 6.05. The SMILES string of the molecule is CC(C)(C)c1nnc2sc(-c3[nH]cnc3C(=O)O)nn12. The second-order valence-corrected chi connectivity index (χ2v) is 6.26. The largest absolute Gasteiger partial charge is 0.476 e. The van der Waals surface area contributed by atoms with E-state index in [2.05, 4.69) is 25.3 Å². The predicted octanol–water partition coefficient (Wildman–Crippen LogP) is 1.57. The first-order valence-electron chi connectivity index (χ1n) is 5.87. The standard InChI is InChI=1S/C11H12N6O2S/c1-11(2,3)9-14-15-10-17(9)16-7(20-10)5-6(8(18)19)13-4-12-5/h4H,1-3H3,(H,12,13)(H,18,19). The molecule has 0 aliphatic rings. The molecule has 3 aromatic rings. The Labute approximate surface area is 117 Å². The Bertz CT molecular complexity index is 793. The van der Waals surface area contributed by atoms with Gasteiger partial charge in [0, 0.05) is 5.41 Å². The lowest BCUT2D eigenvalue weighted by molar-refractivity contribution is 0.0692. The van der Waals surface area contributed by atoms with Gasteiger partial charge in [0.1, 0.15) is 5.69 Å². The maximum atomic E-state index is 11.1. The number of hydrogen-bond acceptors (Lipinski definition) is 6. The molecule has 104 valence electrons. The van der Waals surface area contributed by atoms with Crippen LogP contribution in [-0.2, 0) is 5.41 Å². The summed E-state index contributed by atoms with van der Waals surface area (Å²) in [5.74, 6) is -0.366. The van der Waals surface area contributed by atoms with Crippen LogP contribution in [0.25, 0.3) is 15.7 Å². The first-order valence-corrected chi connectivity index (χ1v) is 6.69. The van der Waals surface area contributed by atoms with Gasteiger partial charge in [0.15, 0.2) is 16.5 Å². The molecule has 3 rings (SSSR count). The quantitative estimate of drug-likeness (QED) is 0.742. The molecule has 2 N–H and O–H groups in total. The van der Waals surface area contributed by atoms with Crippen molar-refractivity contribution in [2.24, 2.45) is 0 Å². The van der Waals surface area contributed by atoms with Gasteiger partial charge < -0.3 is 10.1 Å². The van der Waals surface area contributed by atoms with Gasteiger partial charge in [-0.2, -0.15) is 9.61 Å². The zero-order valence-electron chi connectivity index (χ0n) is 11.1. The Morgan fingerprint density at radius 1 is 1.40 bits per heavy atom. The van der Waals surface area contributed by atoms with Crippen LogP contribution < -0.4 is 0 Å². The van der Waals surface area contributed by atoms with Crippen molar-refractivity contribution >= 4 is 22.3 Å². The normalized spacial score (nSPS) is 12.2. The van der Waals surface area contributed by atoms with E-state index in [4.69, 9.17) is 5.11 Å². The van der Waals surface area contributed by atoms with E-state index in [1.807, 2.05) is 20.8 Å². The fourth-order valence-corrected chi connectivity index (χ4v) is 2.65. The second-order valence-electron chi connectivity index (χ2n) is 5.31. The number of fused-ring (bicyclic) bond motifs is 1. The van der Waals surface area contributed by atoms with Gasteiger partial charge in [-0.05, 0) is 0 Å². The highest BCUT2D eigenvalue weighted by molar-refractivity contribution is 7.19. The molecule has 3 heterocycles. The van der Waals surface area contributed by atoms with E-state index in [-0.39, 0.29) is 11.1 Å². The number of rotatable bonds is 2.